The zero-order chi connectivity index (χ0) is 12.3. The van der Waals surface area contributed by atoms with E-state index in [2.05, 4.69) is 0 Å². The summed E-state index contributed by atoms with van der Waals surface area (Å²) in [5.41, 5.74) is 6.24. The molecular weight excluding hydrogens is 213 g/mol. The fraction of sp³-hybridized carbons (Fsp3) is 0.364. The Morgan fingerprint density at radius 2 is 2.12 bits per heavy atom. The van der Waals surface area contributed by atoms with Gasteiger partial charge in [0.1, 0.15) is 11.6 Å². The minimum Gasteiger partial charge on any atom is -0.479 e. The average molecular weight is 227 g/mol. The van der Waals surface area contributed by atoms with E-state index >= 15 is 0 Å². The summed E-state index contributed by atoms with van der Waals surface area (Å²) in [5.74, 6) is -1.43. The smallest absolute Gasteiger partial charge is 0.344 e. The maximum atomic E-state index is 13.0. The fourth-order valence-corrected chi connectivity index (χ4v) is 1.23. The van der Waals surface area contributed by atoms with Crippen molar-refractivity contribution >= 4 is 5.97 Å². The molecule has 0 aliphatic rings. The third-order valence-electron chi connectivity index (χ3n) is 2.12. The molecule has 0 aliphatic heterocycles. The molecule has 0 saturated carbocycles. The fourth-order valence-electron chi connectivity index (χ4n) is 1.23. The van der Waals surface area contributed by atoms with E-state index in [4.69, 9.17) is 15.6 Å². The lowest BCUT2D eigenvalue weighted by Crippen LogP contribution is -2.24. The highest BCUT2D eigenvalue weighted by atomic mass is 19.1. The molecule has 0 saturated heterocycles. The van der Waals surface area contributed by atoms with Crippen LogP contribution in [0, 0.1) is 5.82 Å². The molecule has 0 bridgehead atoms. The summed E-state index contributed by atoms with van der Waals surface area (Å²) in [7, 11) is 0. The molecule has 2 unspecified atom stereocenters. The number of carboxylic acids is 1. The number of hydrogen-bond acceptors (Lipinski definition) is 3. The Bertz CT molecular complexity index is 393. The van der Waals surface area contributed by atoms with E-state index in [-0.39, 0.29) is 11.8 Å². The SMILES string of the molecule is CC(Oc1cc(F)ccc1C(C)N)C(=O)O. The van der Waals surface area contributed by atoms with Gasteiger partial charge in [-0.1, -0.05) is 6.07 Å². The van der Waals surface area contributed by atoms with Gasteiger partial charge in [0.2, 0.25) is 0 Å². The standard InChI is InChI=1S/C11H14FNO3/c1-6(13)9-4-3-8(12)5-10(9)16-7(2)11(14)15/h3-7H,13H2,1-2H3,(H,14,15). The summed E-state index contributed by atoms with van der Waals surface area (Å²) >= 11 is 0. The predicted molar refractivity (Wildman–Crippen MR) is 56.7 cm³/mol. The molecular formula is C11H14FNO3. The molecule has 0 aliphatic carbocycles. The number of carbonyl (C=O) groups is 1. The van der Waals surface area contributed by atoms with E-state index in [1.165, 1.54) is 19.1 Å². The lowest BCUT2D eigenvalue weighted by atomic mass is 10.1. The summed E-state index contributed by atoms with van der Waals surface area (Å²) in [6, 6.07) is 3.54. The quantitative estimate of drug-likeness (QED) is 0.821. The molecule has 2 atom stereocenters. The molecule has 0 radical (unpaired) electrons. The third-order valence-corrected chi connectivity index (χ3v) is 2.12. The second kappa shape index (κ2) is 4.94. The van der Waals surface area contributed by atoms with Crippen LogP contribution in [0.15, 0.2) is 18.2 Å². The highest BCUT2D eigenvalue weighted by Crippen LogP contribution is 2.25. The molecule has 1 aromatic rings. The first-order valence-electron chi connectivity index (χ1n) is 4.86. The highest BCUT2D eigenvalue weighted by molar-refractivity contribution is 5.72. The van der Waals surface area contributed by atoms with Gasteiger partial charge in [0.15, 0.2) is 6.10 Å². The monoisotopic (exact) mass is 227 g/mol. The van der Waals surface area contributed by atoms with Crippen molar-refractivity contribution in [2.45, 2.75) is 26.0 Å². The van der Waals surface area contributed by atoms with Crippen LogP contribution in [0.25, 0.3) is 0 Å². The second-order valence-corrected chi connectivity index (χ2v) is 3.57. The number of aliphatic carboxylic acids is 1. The van der Waals surface area contributed by atoms with Crippen LogP contribution in [0.1, 0.15) is 25.5 Å². The van der Waals surface area contributed by atoms with Crippen LogP contribution in [0.4, 0.5) is 4.39 Å². The van der Waals surface area contributed by atoms with Crippen LogP contribution >= 0.6 is 0 Å². The van der Waals surface area contributed by atoms with Gasteiger partial charge in [-0.05, 0) is 19.9 Å². The van der Waals surface area contributed by atoms with Gasteiger partial charge >= 0.3 is 5.97 Å². The van der Waals surface area contributed by atoms with Crippen molar-refractivity contribution in [1.29, 1.82) is 0 Å². The second-order valence-electron chi connectivity index (χ2n) is 3.57. The maximum Gasteiger partial charge on any atom is 0.344 e. The molecule has 3 N–H and O–H groups in total. The Labute approximate surface area is 92.8 Å². The molecule has 1 rings (SSSR count). The zero-order valence-corrected chi connectivity index (χ0v) is 9.11. The van der Waals surface area contributed by atoms with E-state index in [0.717, 1.165) is 6.07 Å². The van der Waals surface area contributed by atoms with Crippen molar-refractivity contribution < 1.29 is 19.0 Å². The Hall–Kier alpha value is -1.62. The maximum absolute atomic E-state index is 13.0. The van der Waals surface area contributed by atoms with Gasteiger partial charge in [-0.2, -0.15) is 0 Å². The van der Waals surface area contributed by atoms with Crippen molar-refractivity contribution in [3.8, 4) is 5.75 Å². The summed E-state index contributed by atoms with van der Waals surface area (Å²) in [6.07, 6.45) is -1.04. The van der Waals surface area contributed by atoms with Crippen molar-refractivity contribution in [1.82, 2.24) is 0 Å². The molecule has 16 heavy (non-hydrogen) atoms. The van der Waals surface area contributed by atoms with Crippen LogP contribution in [0.2, 0.25) is 0 Å². The average Bonchev–Trinajstić information content (AvgIpc) is 2.16. The van der Waals surface area contributed by atoms with Gasteiger partial charge in [0.05, 0.1) is 0 Å². The number of rotatable bonds is 4. The van der Waals surface area contributed by atoms with Crippen LogP contribution < -0.4 is 10.5 Å². The number of benzene rings is 1. The Kier molecular flexibility index (Phi) is 3.84. The van der Waals surface area contributed by atoms with E-state index in [1.807, 2.05) is 0 Å². The number of halogens is 1. The van der Waals surface area contributed by atoms with Crippen LogP contribution in [0.5, 0.6) is 5.75 Å². The van der Waals surface area contributed by atoms with Gasteiger partial charge in [-0.15, -0.1) is 0 Å². The van der Waals surface area contributed by atoms with E-state index in [9.17, 15) is 9.18 Å². The first-order valence-corrected chi connectivity index (χ1v) is 4.86. The van der Waals surface area contributed by atoms with Crippen LogP contribution in [-0.2, 0) is 4.79 Å². The number of nitrogens with two attached hydrogens (primary N) is 1. The topological polar surface area (TPSA) is 72.5 Å². The predicted octanol–water partition coefficient (Wildman–Crippen LogP) is 1.70. The molecule has 5 heteroatoms. The largest absolute Gasteiger partial charge is 0.479 e. The Morgan fingerprint density at radius 1 is 1.50 bits per heavy atom. The van der Waals surface area contributed by atoms with Gasteiger partial charge in [0.25, 0.3) is 0 Å². The Balaban J connectivity index is 3.01. The van der Waals surface area contributed by atoms with E-state index < -0.39 is 17.9 Å². The van der Waals surface area contributed by atoms with Gasteiger partial charge in [0, 0.05) is 17.7 Å². The van der Waals surface area contributed by atoms with Gasteiger partial charge < -0.3 is 15.6 Å². The van der Waals surface area contributed by atoms with Crippen molar-refractivity contribution in [2.24, 2.45) is 5.73 Å². The normalized spacial score (nSPS) is 14.2. The van der Waals surface area contributed by atoms with Gasteiger partial charge in [-0.25, -0.2) is 9.18 Å². The molecule has 1 aromatic carbocycles. The highest BCUT2D eigenvalue weighted by Gasteiger charge is 2.16. The molecule has 88 valence electrons. The van der Waals surface area contributed by atoms with Crippen molar-refractivity contribution in [3.05, 3.63) is 29.6 Å². The van der Waals surface area contributed by atoms with Crippen LogP contribution in [0.3, 0.4) is 0 Å². The number of ether oxygens (including phenoxy) is 1. The molecule has 0 amide bonds. The minimum absolute atomic E-state index is 0.171. The molecule has 0 aromatic heterocycles. The third kappa shape index (κ3) is 2.93. The van der Waals surface area contributed by atoms with Crippen LogP contribution in [-0.4, -0.2) is 17.2 Å². The minimum atomic E-state index is -1.11. The zero-order valence-electron chi connectivity index (χ0n) is 9.11. The summed E-state index contributed by atoms with van der Waals surface area (Å²) in [5, 5.41) is 8.69. The molecule has 0 heterocycles. The van der Waals surface area contributed by atoms with Crippen molar-refractivity contribution in [2.75, 3.05) is 0 Å². The number of hydrogen-bond donors (Lipinski definition) is 2. The summed E-state index contributed by atoms with van der Waals surface area (Å²) < 4.78 is 18.1. The summed E-state index contributed by atoms with van der Waals surface area (Å²) in [4.78, 5) is 10.6. The number of carboxylic acid groups (broad SMARTS) is 1. The lowest BCUT2D eigenvalue weighted by Gasteiger charge is -2.16. The van der Waals surface area contributed by atoms with Gasteiger partial charge in [-0.3, -0.25) is 0 Å². The summed E-state index contributed by atoms with van der Waals surface area (Å²) in [6.45, 7) is 3.09. The van der Waals surface area contributed by atoms with E-state index in [0.29, 0.717) is 5.56 Å². The lowest BCUT2D eigenvalue weighted by molar-refractivity contribution is -0.144. The first-order chi connectivity index (χ1) is 7.41. The Morgan fingerprint density at radius 3 is 2.62 bits per heavy atom. The van der Waals surface area contributed by atoms with E-state index in [1.54, 1.807) is 6.92 Å². The molecule has 4 nitrogen and oxygen atoms in total. The molecule has 0 spiro atoms. The first kappa shape index (κ1) is 12.4. The molecule has 0 fully saturated rings. The van der Waals surface area contributed by atoms with Crippen molar-refractivity contribution in [3.63, 3.8) is 0 Å².